The second kappa shape index (κ2) is 6.94. The van der Waals surface area contributed by atoms with Crippen molar-refractivity contribution in [2.45, 2.75) is 39.2 Å². The lowest BCUT2D eigenvalue weighted by molar-refractivity contribution is -0.118. The third-order valence-corrected chi connectivity index (χ3v) is 3.27. The first-order valence-electron chi connectivity index (χ1n) is 6.43. The van der Waals surface area contributed by atoms with Crippen molar-refractivity contribution in [3.8, 4) is 5.75 Å². The van der Waals surface area contributed by atoms with Crippen LogP contribution in [0.5, 0.6) is 5.75 Å². The predicted molar refractivity (Wildman–Crippen MR) is 82.0 cm³/mol. The summed E-state index contributed by atoms with van der Waals surface area (Å²) in [5.41, 5.74) is 1.42. The van der Waals surface area contributed by atoms with E-state index in [9.17, 15) is 4.79 Å². The Morgan fingerprint density at radius 3 is 2.37 bits per heavy atom. The monoisotopic (exact) mass is 327 g/mol. The van der Waals surface area contributed by atoms with Gasteiger partial charge in [-0.25, -0.2) is 0 Å². The van der Waals surface area contributed by atoms with Crippen LogP contribution < -0.4 is 10.1 Å². The van der Waals surface area contributed by atoms with Crippen LogP contribution in [0.2, 0.25) is 0 Å². The Balaban J connectivity index is 2.51. The normalized spacial score (nSPS) is 12.9. The van der Waals surface area contributed by atoms with Crippen LogP contribution in [0.25, 0.3) is 0 Å². The molecule has 3 nitrogen and oxygen atoms in total. The van der Waals surface area contributed by atoms with Crippen molar-refractivity contribution in [2.24, 2.45) is 0 Å². The predicted octanol–water partition coefficient (Wildman–Crippen LogP) is 3.26. The van der Waals surface area contributed by atoms with E-state index in [1.54, 1.807) is 0 Å². The first-order valence-corrected chi connectivity index (χ1v) is 7.55. The van der Waals surface area contributed by atoms with Crippen LogP contribution in [0.15, 0.2) is 24.3 Å². The molecule has 1 atom stereocenters. The fraction of sp³-hybridized carbons (Fsp3) is 0.533. The third kappa shape index (κ3) is 5.64. The highest BCUT2D eigenvalue weighted by atomic mass is 79.9. The molecule has 106 valence electrons. The molecule has 0 spiro atoms. The van der Waals surface area contributed by atoms with Crippen molar-refractivity contribution >= 4 is 21.8 Å². The van der Waals surface area contributed by atoms with E-state index < -0.39 is 0 Å². The van der Waals surface area contributed by atoms with Gasteiger partial charge in [-0.05, 0) is 30.0 Å². The van der Waals surface area contributed by atoms with Gasteiger partial charge in [-0.2, -0.15) is 0 Å². The number of benzene rings is 1. The average molecular weight is 328 g/mol. The summed E-state index contributed by atoms with van der Waals surface area (Å²) < 4.78 is 5.75. The Morgan fingerprint density at radius 2 is 1.89 bits per heavy atom. The van der Waals surface area contributed by atoms with E-state index in [2.05, 4.69) is 54.2 Å². The van der Waals surface area contributed by atoms with E-state index in [1.807, 2.05) is 19.1 Å². The molecule has 0 saturated carbocycles. The van der Waals surface area contributed by atoms with Crippen LogP contribution in [0.3, 0.4) is 0 Å². The summed E-state index contributed by atoms with van der Waals surface area (Å²) in [5.74, 6) is 0.798. The molecule has 1 aromatic carbocycles. The summed E-state index contributed by atoms with van der Waals surface area (Å²) in [4.78, 5) is 11.1. The Bertz CT molecular complexity index is 409. The van der Waals surface area contributed by atoms with Gasteiger partial charge in [0, 0.05) is 0 Å². The Morgan fingerprint density at radius 1 is 1.32 bits per heavy atom. The summed E-state index contributed by atoms with van der Waals surface area (Å²) in [6.45, 7) is 8.99. The van der Waals surface area contributed by atoms with E-state index in [4.69, 9.17) is 4.74 Å². The van der Waals surface area contributed by atoms with Crippen LogP contribution in [0.4, 0.5) is 0 Å². The number of ether oxygens (including phenoxy) is 1. The van der Waals surface area contributed by atoms with Gasteiger partial charge >= 0.3 is 0 Å². The van der Waals surface area contributed by atoms with Crippen molar-refractivity contribution in [3.63, 3.8) is 0 Å². The topological polar surface area (TPSA) is 38.3 Å². The molecular formula is C15H22BrNO2. The van der Waals surface area contributed by atoms with Gasteiger partial charge in [0.25, 0.3) is 0 Å². The lowest BCUT2D eigenvalue weighted by Crippen LogP contribution is -2.34. The highest BCUT2D eigenvalue weighted by Crippen LogP contribution is 2.24. The molecule has 0 fully saturated rings. The summed E-state index contributed by atoms with van der Waals surface area (Å²) in [6.07, 6.45) is -0.0523. The summed E-state index contributed by atoms with van der Waals surface area (Å²) >= 11 is 3.11. The van der Waals surface area contributed by atoms with Crippen molar-refractivity contribution in [3.05, 3.63) is 29.8 Å². The smallest absolute Gasteiger partial charge is 0.230 e. The molecule has 1 N–H and O–H groups in total. The highest BCUT2D eigenvalue weighted by Gasteiger charge is 2.13. The van der Waals surface area contributed by atoms with Gasteiger partial charge in [-0.15, -0.1) is 0 Å². The second-order valence-corrected chi connectivity index (χ2v) is 6.20. The van der Waals surface area contributed by atoms with E-state index in [0.717, 1.165) is 5.75 Å². The van der Waals surface area contributed by atoms with Crippen LogP contribution in [0.1, 0.15) is 33.3 Å². The number of nitrogens with one attached hydrogen (secondary N) is 1. The zero-order chi connectivity index (χ0) is 14.5. The molecule has 0 aliphatic rings. The van der Waals surface area contributed by atoms with Crippen molar-refractivity contribution in [1.82, 2.24) is 5.32 Å². The molecule has 0 aliphatic heterocycles. The van der Waals surface area contributed by atoms with Gasteiger partial charge in [-0.1, -0.05) is 48.8 Å². The van der Waals surface area contributed by atoms with E-state index in [1.165, 1.54) is 5.56 Å². The molecule has 0 heterocycles. The molecule has 0 aliphatic carbocycles. The van der Waals surface area contributed by atoms with Crippen molar-refractivity contribution in [1.29, 1.82) is 0 Å². The largest absolute Gasteiger partial charge is 0.489 e. The number of hydrogen-bond acceptors (Lipinski definition) is 2. The molecule has 4 heteroatoms. The number of rotatable bonds is 5. The van der Waals surface area contributed by atoms with Gasteiger partial charge in [0.1, 0.15) is 11.9 Å². The minimum Gasteiger partial charge on any atom is -0.489 e. The molecule has 0 aromatic heterocycles. The molecule has 0 saturated heterocycles. The van der Waals surface area contributed by atoms with E-state index in [0.29, 0.717) is 11.9 Å². The SMILES string of the molecule is CC(CNC(=O)CBr)Oc1ccc(C(C)(C)C)cc1. The number of alkyl halides is 1. The maximum absolute atomic E-state index is 11.1. The lowest BCUT2D eigenvalue weighted by atomic mass is 9.87. The van der Waals surface area contributed by atoms with E-state index >= 15 is 0 Å². The number of halogens is 1. The molecule has 19 heavy (non-hydrogen) atoms. The minimum absolute atomic E-state index is 0.0291. The summed E-state index contributed by atoms with van der Waals surface area (Å²) in [6, 6.07) is 8.12. The lowest BCUT2D eigenvalue weighted by Gasteiger charge is -2.20. The summed E-state index contributed by atoms with van der Waals surface area (Å²) in [7, 11) is 0. The number of carbonyl (C=O) groups excluding carboxylic acids is 1. The number of hydrogen-bond donors (Lipinski definition) is 1. The third-order valence-electron chi connectivity index (χ3n) is 2.77. The highest BCUT2D eigenvalue weighted by molar-refractivity contribution is 9.09. The van der Waals surface area contributed by atoms with E-state index in [-0.39, 0.29) is 17.4 Å². The maximum atomic E-state index is 11.1. The maximum Gasteiger partial charge on any atom is 0.230 e. The fourth-order valence-corrected chi connectivity index (χ4v) is 1.81. The molecule has 1 amide bonds. The quantitative estimate of drug-likeness (QED) is 0.843. The van der Waals surface area contributed by atoms with Crippen molar-refractivity contribution < 1.29 is 9.53 Å². The number of amides is 1. The fourth-order valence-electron chi connectivity index (χ4n) is 1.61. The van der Waals surface area contributed by atoms with Gasteiger partial charge in [0.15, 0.2) is 0 Å². The summed E-state index contributed by atoms with van der Waals surface area (Å²) in [5, 5.41) is 3.10. The van der Waals surface area contributed by atoms with Gasteiger partial charge in [-0.3, -0.25) is 4.79 Å². The van der Waals surface area contributed by atoms with Crippen molar-refractivity contribution in [2.75, 3.05) is 11.9 Å². The second-order valence-electron chi connectivity index (χ2n) is 5.64. The molecule has 1 aromatic rings. The zero-order valence-corrected chi connectivity index (χ0v) is 13.6. The Kier molecular flexibility index (Phi) is 5.85. The number of carbonyl (C=O) groups is 1. The first-order chi connectivity index (χ1) is 8.82. The average Bonchev–Trinajstić information content (AvgIpc) is 2.35. The molecule has 1 rings (SSSR count). The van der Waals surface area contributed by atoms with Gasteiger partial charge < -0.3 is 10.1 Å². The zero-order valence-electron chi connectivity index (χ0n) is 12.0. The van der Waals surface area contributed by atoms with Gasteiger partial charge in [0.05, 0.1) is 11.9 Å². The van der Waals surface area contributed by atoms with Crippen LogP contribution in [0, 0.1) is 0 Å². The van der Waals surface area contributed by atoms with Crippen LogP contribution >= 0.6 is 15.9 Å². The Labute approximate surface area is 123 Å². The first kappa shape index (κ1) is 16.0. The molecule has 0 bridgehead atoms. The Hall–Kier alpha value is -1.03. The van der Waals surface area contributed by atoms with Crippen LogP contribution in [-0.2, 0) is 10.2 Å². The molecule has 0 radical (unpaired) electrons. The van der Waals surface area contributed by atoms with Gasteiger partial charge in [0.2, 0.25) is 5.91 Å². The van der Waals surface area contributed by atoms with Crippen LogP contribution in [-0.4, -0.2) is 23.9 Å². The minimum atomic E-state index is -0.0523. The molecule has 1 unspecified atom stereocenters. The molecular weight excluding hydrogens is 306 g/mol. The standard InChI is InChI=1S/C15H22BrNO2/c1-11(10-17-14(18)9-16)19-13-7-5-12(6-8-13)15(2,3)4/h5-8,11H,9-10H2,1-4H3,(H,17,18).